The van der Waals surface area contributed by atoms with Gasteiger partial charge in [0.1, 0.15) is 5.71 Å². The van der Waals surface area contributed by atoms with Gasteiger partial charge >= 0.3 is 0 Å². The molecule has 0 bridgehead atoms. The van der Waals surface area contributed by atoms with E-state index in [1.165, 1.54) is 0 Å². The van der Waals surface area contributed by atoms with Crippen LogP contribution in [0.3, 0.4) is 0 Å². The Balaban J connectivity index is 2.61. The zero-order valence-electron chi connectivity index (χ0n) is 6.45. The highest BCUT2D eigenvalue weighted by Crippen LogP contribution is 2.32. The minimum atomic E-state index is 0.441. The standard InChI is InChI=1S/C10H7NO/c1-7-8-4-2-3-5-9(8)11-10(7)6-12/h2-6H,1H2. The first kappa shape index (κ1) is 6.98. The molecule has 1 heterocycles. The summed E-state index contributed by atoms with van der Waals surface area (Å²) < 4.78 is 0. The van der Waals surface area contributed by atoms with Crippen LogP contribution in [-0.4, -0.2) is 12.0 Å². The Kier molecular flexibility index (Phi) is 1.40. The number of hydrogen-bond acceptors (Lipinski definition) is 2. The molecular formula is C10H7NO. The van der Waals surface area contributed by atoms with Crippen molar-refractivity contribution >= 4 is 23.3 Å². The number of fused-ring (bicyclic) bond motifs is 1. The highest BCUT2D eigenvalue weighted by atomic mass is 16.1. The summed E-state index contributed by atoms with van der Waals surface area (Å²) in [6, 6.07) is 7.59. The average molecular weight is 157 g/mol. The van der Waals surface area contributed by atoms with E-state index >= 15 is 0 Å². The molecule has 0 aromatic heterocycles. The maximum atomic E-state index is 10.5. The van der Waals surface area contributed by atoms with Gasteiger partial charge in [0.2, 0.25) is 0 Å². The van der Waals surface area contributed by atoms with Crippen LogP contribution in [0.25, 0.3) is 5.57 Å². The second kappa shape index (κ2) is 2.41. The lowest BCUT2D eigenvalue weighted by Gasteiger charge is -1.95. The molecular weight excluding hydrogens is 150 g/mol. The molecule has 0 fully saturated rings. The number of rotatable bonds is 1. The van der Waals surface area contributed by atoms with Crippen molar-refractivity contribution in [3.63, 3.8) is 0 Å². The molecule has 0 N–H and O–H groups in total. The van der Waals surface area contributed by atoms with Crippen LogP contribution >= 0.6 is 0 Å². The van der Waals surface area contributed by atoms with Crippen molar-refractivity contribution in [2.45, 2.75) is 0 Å². The van der Waals surface area contributed by atoms with Crippen LogP contribution in [0.5, 0.6) is 0 Å². The molecule has 0 amide bonds. The molecule has 1 aromatic rings. The van der Waals surface area contributed by atoms with Gasteiger partial charge in [-0.2, -0.15) is 0 Å². The first-order chi connectivity index (χ1) is 5.83. The third-order valence-electron chi connectivity index (χ3n) is 1.89. The molecule has 0 saturated heterocycles. The third kappa shape index (κ3) is 0.815. The summed E-state index contributed by atoms with van der Waals surface area (Å²) >= 11 is 0. The van der Waals surface area contributed by atoms with Gasteiger partial charge in [0.25, 0.3) is 0 Å². The van der Waals surface area contributed by atoms with Crippen molar-refractivity contribution < 1.29 is 4.79 Å². The summed E-state index contributed by atoms with van der Waals surface area (Å²) in [5.74, 6) is 0. The molecule has 0 saturated carbocycles. The Bertz CT molecular complexity index is 391. The van der Waals surface area contributed by atoms with Gasteiger partial charge in [-0.05, 0) is 6.07 Å². The number of hydrogen-bond donors (Lipinski definition) is 0. The van der Waals surface area contributed by atoms with Gasteiger partial charge in [-0.15, -0.1) is 0 Å². The largest absolute Gasteiger partial charge is 0.296 e. The Morgan fingerprint density at radius 3 is 2.75 bits per heavy atom. The summed E-state index contributed by atoms with van der Waals surface area (Å²) in [6.07, 6.45) is 0.738. The highest BCUT2D eigenvalue weighted by molar-refractivity contribution is 6.51. The van der Waals surface area contributed by atoms with Gasteiger partial charge in [0.05, 0.1) is 5.69 Å². The Hall–Kier alpha value is -1.70. The van der Waals surface area contributed by atoms with Crippen LogP contribution < -0.4 is 0 Å². The molecule has 2 nitrogen and oxygen atoms in total. The van der Waals surface area contributed by atoms with Gasteiger partial charge in [-0.25, -0.2) is 4.99 Å². The van der Waals surface area contributed by atoms with Gasteiger partial charge in [-0.3, -0.25) is 4.79 Å². The van der Waals surface area contributed by atoms with Crippen LogP contribution in [0.15, 0.2) is 35.8 Å². The van der Waals surface area contributed by atoms with E-state index < -0.39 is 0 Å². The van der Waals surface area contributed by atoms with Crippen LogP contribution in [0.1, 0.15) is 5.56 Å². The van der Waals surface area contributed by atoms with E-state index in [4.69, 9.17) is 0 Å². The van der Waals surface area contributed by atoms with E-state index in [0.717, 1.165) is 23.1 Å². The fourth-order valence-electron chi connectivity index (χ4n) is 1.26. The minimum Gasteiger partial charge on any atom is -0.296 e. The average Bonchev–Trinajstić information content (AvgIpc) is 2.44. The first-order valence-electron chi connectivity index (χ1n) is 3.65. The van der Waals surface area contributed by atoms with Gasteiger partial charge < -0.3 is 0 Å². The highest BCUT2D eigenvalue weighted by Gasteiger charge is 2.16. The number of benzene rings is 1. The molecule has 2 rings (SSSR count). The molecule has 0 radical (unpaired) electrons. The van der Waals surface area contributed by atoms with Gasteiger partial charge in [0, 0.05) is 11.1 Å². The predicted octanol–water partition coefficient (Wildman–Crippen LogP) is 1.98. The molecule has 12 heavy (non-hydrogen) atoms. The maximum absolute atomic E-state index is 10.5. The fraction of sp³-hybridized carbons (Fsp3) is 0. The number of para-hydroxylation sites is 1. The smallest absolute Gasteiger partial charge is 0.169 e. The number of nitrogens with zero attached hydrogens (tertiary/aromatic N) is 1. The van der Waals surface area contributed by atoms with Crippen molar-refractivity contribution in [2.24, 2.45) is 4.99 Å². The number of carbonyl (C=O) groups excluding carboxylic acids is 1. The molecule has 0 aliphatic carbocycles. The molecule has 0 atom stereocenters. The SMILES string of the molecule is C=C1C(C=O)=Nc2ccccc21. The number of allylic oxidation sites excluding steroid dienone is 1. The fourth-order valence-corrected chi connectivity index (χ4v) is 1.26. The lowest BCUT2D eigenvalue weighted by Crippen LogP contribution is -1.95. The van der Waals surface area contributed by atoms with Crippen LogP contribution in [0, 0.1) is 0 Å². The second-order valence-corrected chi connectivity index (χ2v) is 2.61. The molecule has 58 valence electrons. The van der Waals surface area contributed by atoms with E-state index in [2.05, 4.69) is 11.6 Å². The third-order valence-corrected chi connectivity index (χ3v) is 1.89. The van der Waals surface area contributed by atoms with Crippen LogP contribution in [0.4, 0.5) is 5.69 Å². The van der Waals surface area contributed by atoms with Crippen molar-refractivity contribution in [3.05, 3.63) is 36.4 Å². The summed E-state index contributed by atoms with van der Waals surface area (Å²) in [5.41, 5.74) is 2.96. The topological polar surface area (TPSA) is 29.4 Å². The monoisotopic (exact) mass is 157 g/mol. The summed E-state index contributed by atoms with van der Waals surface area (Å²) in [5, 5.41) is 0. The molecule has 0 unspecified atom stereocenters. The summed E-state index contributed by atoms with van der Waals surface area (Å²) in [4.78, 5) is 14.6. The van der Waals surface area contributed by atoms with E-state index in [9.17, 15) is 4.79 Å². The zero-order chi connectivity index (χ0) is 8.55. The molecule has 0 spiro atoms. The lowest BCUT2D eigenvalue weighted by molar-refractivity contribution is -0.102. The maximum Gasteiger partial charge on any atom is 0.169 e. The lowest BCUT2D eigenvalue weighted by atomic mass is 10.1. The van der Waals surface area contributed by atoms with E-state index in [-0.39, 0.29) is 0 Å². The molecule has 1 aromatic carbocycles. The normalized spacial score (nSPS) is 14.0. The van der Waals surface area contributed by atoms with Crippen LogP contribution in [0.2, 0.25) is 0 Å². The van der Waals surface area contributed by atoms with Crippen molar-refractivity contribution in [3.8, 4) is 0 Å². The molecule has 2 heteroatoms. The number of carbonyl (C=O) groups is 1. The van der Waals surface area contributed by atoms with Gasteiger partial charge in [-0.1, -0.05) is 24.8 Å². The number of aldehydes is 1. The first-order valence-corrected chi connectivity index (χ1v) is 3.65. The molecule has 1 aliphatic rings. The second-order valence-electron chi connectivity index (χ2n) is 2.61. The Morgan fingerprint density at radius 2 is 2.08 bits per heavy atom. The van der Waals surface area contributed by atoms with Crippen molar-refractivity contribution in [2.75, 3.05) is 0 Å². The van der Waals surface area contributed by atoms with E-state index in [1.807, 2.05) is 24.3 Å². The zero-order valence-corrected chi connectivity index (χ0v) is 6.45. The van der Waals surface area contributed by atoms with Gasteiger partial charge in [0.15, 0.2) is 6.29 Å². The Labute approximate surface area is 70.3 Å². The number of aliphatic imine (C=N–C) groups is 1. The van der Waals surface area contributed by atoms with Crippen molar-refractivity contribution in [1.82, 2.24) is 0 Å². The van der Waals surface area contributed by atoms with E-state index in [1.54, 1.807) is 0 Å². The minimum absolute atomic E-state index is 0.441. The summed E-state index contributed by atoms with van der Waals surface area (Å²) in [6.45, 7) is 3.79. The van der Waals surface area contributed by atoms with E-state index in [0.29, 0.717) is 5.71 Å². The van der Waals surface area contributed by atoms with Crippen molar-refractivity contribution in [1.29, 1.82) is 0 Å². The predicted molar refractivity (Wildman–Crippen MR) is 48.6 cm³/mol. The summed E-state index contributed by atoms with van der Waals surface area (Å²) in [7, 11) is 0. The molecule has 1 aliphatic heterocycles. The quantitative estimate of drug-likeness (QED) is 0.573. The Morgan fingerprint density at radius 1 is 1.33 bits per heavy atom. The van der Waals surface area contributed by atoms with Crippen LogP contribution in [-0.2, 0) is 4.79 Å².